The van der Waals surface area contributed by atoms with E-state index in [0.29, 0.717) is 12.5 Å². The molecule has 2 aromatic rings. The van der Waals surface area contributed by atoms with Crippen LogP contribution in [0.1, 0.15) is 37.3 Å². The van der Waals surface area contributed by atoms with Gasteiger partial charge in [0, 0.05) is 0 Å². The third kappa shape index (κ3) is 4.27. The summed E-state index contributed by atoms with van der Waals surface area (Å²) in [5.41, 5.74) is 2.55. The summed E-state index contributed by atoms with van der Waals surface area (Å²) in [5.74, 6) is 1.48. The molecule has 0 aliphatic carbocycles. The van der Waals surface area contributed by atoms with Gasteiger partial charge in [-0.2, -0.15) is 0 Å². The summed E-state index contributed by atoms with van der Waals surface area (Å²) in [4.78, 5) is 0. The van der Waals surface area contributed by atoms with E-state index in [4.69, 9.17) is 4.74 Å². The van der Waals surface area contributed by atoms with Gasteiger partial charge in [-0.25, -0.2) is 0 Å². The quantitative estimate of drug-likeness (QED) is 0.642. The predicted octanol–water partition coefficient (Wildman–Crippen LogP) is 5.34. The zero-order chi connectivity index (χ0) is 14.2. The molecule has 0 radical (unpaired) electrons. The number of hydrogen-bond donors (Lipinski definition) is 0. The van der Waals surface area contributed by atoms with Crippen LogP contribution in [-0.4, -0.2) is 0 Å². The normalized spacial score (nSPS) is 12.5. The standard InChI is InChI=1S/C19H22O/c1-3-4-8-16(2)18-11-13-19(14-12-18)20-15-17-9-6-5-7-10-17/h3-7,9-14,16H,8,15H2,1-2H3/b4-3-. The second-order valence-electron chi connectivity index (χ2n) is 5.05. The number of hydrogen-bond acceptors (Lipinski definition) is 1. The zero-order valence-electron chi connectivity index (χ0n) is 12.3. The molecule has 1 nitrogen and oxygen atoms in total. The molecule has 0 fully saturated rings. The molecule has 0 aliphatic heterocycles. The second-order valence-corrected chi connectivity index (χ2v) is 5.05. The first-order valence-electron chi connectivity index (χ1n) is 7.17. The molecular formula is C19H22O. The summed E-state index contributed by atoms with van der Waals surface area (Å²) in [6, 6.07) is 18.7. The number of rotatable bonds is 6. The largest absolute Gasteiger partial charge is 0.489 e. The fourth-order valence-corrected chi connectivity index (χ4v) is 2.11. The average Bonchev–Trinajstić information content (AvgIpc) is 2.52. The molecule has 0 amide bonds. The van der Waals surface area contributed by atoms with Crippen molar-refractivity contribution in [3.63, 3.8) is 0 Å². The molecule has 104 valence electrons. The minimum absolute atomic E-state index is 0.550. The van der Waals surface area contributed by atoms with E-state index < -0.39 is 0 Å². The third-order valence-corrected chi connectivity index (χ3v) is 3.42. The van der Waals surface area contributed by atoms with E-state index in [9.17, 15) is 0 Å². The summed E-state index contributed by atoms with van der Waals surface area (Å²) in [7, 11) is 0. The Morgan fingerprint density at radius 3 is 2.35 bits per heavy atom. The summed E-state index contributed by atoms with van der Waals surface area (Å²) in [5, 5.41) is 0. The lowest BCUT2D eigenvalue weighted by Gasteiger charge is -2.11. The fraction of sp³-hybridized carbons (Fsp3) is 0.263. The van der Waals surface area contributed by atoms with Crippen molar-refractivity contribution in [2.75, 3.05) is 0 Å². The van der Waals surface area contributed by atoms with Crippen molar-refractivity contribution in [3.8, 4) is 5.75 Å². The highest BCUT2D eigenvalue weighted by Gasteiger charge is 2.03. The van der Waals surface area contributed by atoms with Gasteiger partial charge in [-0.3, -0.25) is 0 Å². The second kappa shape index (κ2) is 7.54. The van der Waals surface area contributed by atoms with E-state index in [2.05, 4.69) is 62.4 Å². The predicted molar refractivity (Wildman–Crippen MR) is 85.1 cm³/mol. The molecule has 1 atom stereocenters. The van der Waals surface area contributed by atoms with Gasteiger partial charge in [0.2, 0.25) is 0 Å². The van der Waals surface area contributed by atoms with E-state index in [1.165, 1.54) is 11.1 Å². The van der Waals surface area contributed by atoms with Crippen LogP contribution in [0.15, 0.2) is 66.7 Å². The van der Waals surface area contributed by atoms with Crippen LogP contribution in [0.25, 0.3) is 0 Å². The van der Waals surface area contributed by atoms with Gasteiger partial charge in [-0.1, -0.05) is 61.5 Å². The topological polar surface area (TPSA) is 9.23 Å². The van der Waals surface area contributed by atoms with Crippen molar-refractivity contribution < 1.29 is 4.74 Å². The number of ether oxygens (including phenoxy) is 1. The van der Waals surface area contributed by atoms with E-state index in [1.807, 2.05) is 18.2 Å². The third-order valence-electron chi connectivity index (χ3n) is 3.42. The van der Waals surface area contributed by atoms with Gasteiger partial charge in [0.05, 0.1) is 0 Å². The van der Waals surface area contributed by atoms with E-state index >= 15 is 0 Å². The van der Waals surface area contributed by atoms with Gasteiger partial charge in [0.1, 0.15) is 12.4 Å². The Balaban J connectivity index is 1.91. The minimum atomic E-state index is 0.550. The highest BCUT2D eigenvalue weighted by atomic mass is 16.5. The van der Waals surface area contributed by atoms with Crippen LogP contribution in [0.5, 0.6) is 5.75 Å². The minimum Gasteiger partial charge on any atom is -0.489 e. The van der Waals surface area contributed by atoms with Crippen molar-refractivity contribution in [3.05, 3.63) is 77.9 Å². The van der Waals surface area contributed by atoms with Crippen LogP contribution in [0.2, 0.25) is 0 Å². The Kier molecular flexibility index (Phi) is 5.43. The first-order chi connectivity index (χ1) is 9.79. The average molecular weight is 266 g/mol. The van der Waals surface area contributed by atoms with Crippen molar-refractivity contribution in [2.24, 2.45) is 0 Å². The van der Waals surface area contributed by atoms with Crippen molar-refractivity contribution in [2.45, 2.75) is 32.8 Å². The number of benzene rings is 2. The summed E-state index contributed by atoms with van der Waals surface area (Å²) < 4.78 is 5.79. The Labute approximate surface area is 121 Å². The highest BCUT2D eigenvalue weighted by molar-refractivity contribution is 5.30. The Morgan fingerprint density at radius 2 is 1.70 bits per heavy atom. The Bertz CT molecular complexity index is 525. The Hall–Kier alpha value is -2.02. The van der Waals surface area contributed by atoms with Gasteiger partial charge >= 0.3 is 0 Å². The summed E-state index contributed by atoms with van der Waals surface area (Å²) >= 11 is 0. The molecule has 0 bridgehead atoms. The van der Waals surface area contributed by atoms with Gasteiger partial charge in [0.15, 0.2) is 0 Å². The van der Waals surface area contributed by atoms with Gasteiger partial charge in [-0.15, -0.1) is 0 Å². The molecule has 0 saturated carbocycles. The molecule has 0 heterocycles. The molecule has 0 spiro atoms. The van der Waals surface area contributed by atoms with Crippen LogP contribution in [0.4, 0.5) is 0 Å². The van der Waals surface area contributed by atoms with Crippen molar-refractivity contribution in [1.29, 1.82) is 0 Å². The summed E-state index contributed by atoms with van der Waals surface area (Å²) in [6.07, 6.45) is 5.40. The van der Waals surface area contributed by atoms with Crippen molar-refractivity contribution in [1.82, 2.24) is 0 Å². The molecule has 2 aromatic carbocycles. The SMILES string of the molecule is C/C=C\CC(C)c1ccc(OCc2ccccc2)cc1. The lowest BCUT2D eigenvalue weighted by Crippen LogP contribution is -1.96. The highest BCUT2D eigenvalue weighted by Crippen LogP contribution is 2.22. The molecule has 0 N–H and O–H groups in total. The van der Waals surface area contributed by atoms with Gasteiger partial charge in [-0.05, 0) is 42.5 Å². The maximum atomic E-state index is 5.79. The monoisotopic (exact) mass is 266 g/mol. The lowest BCUT2D eigenvalue weighted by molar-refractivity contribution is 0.306. The first-order valence-corrected chi connectivity index (χ1v) is 7.17. The molecule has 2 rings (SSSR count). The molecule has 0 saturated heterocycles. The lowest BCUT2D eigenvalue weighted by atomic mass is 9.98. The molecular weight excluding hydrogens is 244 g/mol. The van der Waals surface area contributed by atoms with Gasteiger partial charge in [0.25, 0.3) is 0 Å². The van der Waals surface area contributed by atoms with Crippen LogP contribution >= 0.6 is 0 Å². The smallest absolute Gasteiger partial charge is 0.119 e. The van der Waals surface area contributed by atoms with E-state index in [0.717, 1.165) is 12.2 Å². The molecule has 1 unspecified atom stereocenters. The number of allylic oxidation sites excluding steroid dienone is 2. The maximum absolute atomic E-state index is 5.79. The molecule has 1 heteroatoms. The van der Waals surface area contributed by atoms with E-state index in [1.54, 1.807) is 0 Å². The fourth-order valence-electron chi connectivity index (χ4n) is 2.11. The zero-order valence-corrected chi connectivity index (χ0v) is 12.3. The van der Waals surface area contributed by atoms with Gasteiger partial charge < -0.3 is 4.74 Å². The van der Waals surface area contributed by atoms with E-state index in [-0.39, 0.29) is 0 Å². The van der Waals surface area contributed by atoms with Crippen LogP contribution in [-0.2, 0) is 6.61 Å². The molecule has 20 heavy (non-hydrogen) atoms. The Morgan fingerprint density at radius 1 is 1.00 bits per heavy atom. The van der Waals surface area contributed by atoms with Crippen LogP contribution < -0.4 is 4.74 Å². The maximum Gasteiger partial charge on any atom is 0.119 e. The van der Waals surface area contributed by atoms with Crippen molar-refractivity contribution >= 4 is 0 Å². The summed E-state index contributed by atoms with van der Waals surface area (Å²) in [6.45, 7) is 4.93. The van der Waals surface area contributed by atoms with Crippen LogP contribution in [0, 0.1) is 0 Å². The molecule has 0 aliphatic rings. The molecule has 0 aromatic heterocycles. The first kappa shape index (κ1) is 14.4. The van der Waals surface area contributed by atoms with Crippen LogP contribution in [0.3, 0.4) is 0 Å².